The van der Waals surface area contributed by atoms with Crippen molar-refractivity contribution in [1.82, 2.24) is 0 Å². The van der Waals surface area contributed by atoms with Crippen LogP contribution in [0.1, 0.15) is 985 Å². The Morgan fingerprint density at radius 1 is 0.0163 bits per heavy atom. The predicted molar refractivity (Wildman–Crippen MR) is 934 cm³/mol. The van der Waals surface area contributed by atoms with Crippen molar-refractivity contribution < 1.29 is 71.3 Å². The van der Waals surface area contributed by atoms with Gasteiger partial charge in [-0.1, -0.05) is 913 Å². The minimum Gasteiger partial charge on any atom is -0.0776 e. The van der Waals surface area contributed by atoms with E-state index in [1.807, 2.05) is 0 Å². The van der Waals surface area contributed by atoms with Crippen LogP contribution in [0.5, 0.6) is 0 Å². The smallest absolute Gasteiger partial charge is 0 e. The zero-order valence-electron chi connectivity index (χ0n) is 0. The van der Waals surface area contributed by atoms with Crippen LogP contribution < -0.4 is 0 Å². The molecule has 0 radical (unpaired) electrons. The Morgan fingerprint density at radius 3 is 0.0163 bits per heavy atom. The normalized spacial score (nSPS) is 0. The minimum absolute atomic E-state index is 0. The third-order valence-corrected chi connectivity index (χ3v) is 0. The van der Waals surface area contributed by atoms with Crippen LogP contribution in [-0.2, 0) is 0 Å². The van der Waals surface area contributed by atoms with Crippen molar-refractivity contribution in [2.24, 2.45) is 0 Å². The monoisotopic (exact) mass is 2170 g/mol. The largest absolute Gasteiger partial charge is 0.0776 e. The fourth-order valence-corrected chi connectivity index (χ4v) is 0. The lowest BCUT2D eigenvalue weighted by atomic mass is 12.0. The number of hydrogen-bond donors (Lipinski definition) is 0. The van der Waals surface area contributed by atoms with E-state index in [4.69, 9.17) is 0 Å². The van der Waals surface area contributed by atoms with E-state index in [1.165, 1.54) is 0 Å². The Labute approximate surface area is 982 Å². The molecule has 0 bridgehead atoms. The molecule has 0 aliphatic carbocycles. The summed E-state index contributed by atoms with van der Waals surface area (Å²) in [6, 6.07) is 0. The summed E-state index contributed by atoms with van der Waals surface area (Å²) in [5.74, 6) is 0. The quantitative estimate of drug-likeness (QED) is 0.227. The SMILES string of the molecule is C.C.C.C.C.C.C.C.C.C.C.C.C.C.C.C.C.C.C.C.C.C.C.C.C.C.C.C.C.C.C.C.C.C.C.C.C.C.C.C.C.C.C.C.C.C.C.C.C.C.C.C.C.C.C.C.C.C.C.C.C.C.C.C.C.C.C.C.C.C.C.C.C.C.C.C.C.C.C.C.C.C.C.C.C.C.C.C.C.C.C.C.C.C.C.C.C.C.C.C.C.C.C.C.C.C.C.C.C.C.C.C.C.C.C.C.C.C.C.C.C.C.C.[3HH].[3HH].[3HH].[3HH].[3HH].[3HH].[3HH].[3HH].[3HH].[3HH].[3HH].[3HH].[3HH].[3HH].[3HH].[3HH].[3HH].[3HH].[3HH].[3HH].[3HH].[3HH].[3HH].[3HH].[3HH].[3HH].[3HH].[3HH].[3HH].[3HH].[3HH].[3HH].[3HH].[3HH].[3HH].[3HH].[3HH].[3HH].[3HH].[3HH].[3HH].[3HH].[3HH].[3HH].[3HH].[3HH].[3HH].[3HH].[3HH].[3HH]. The topological polar surface area (TPSA) is 0 Å². The van der Waals surface area contributed by atoms with E-state index in [9.17, 15) is 0 Å². The first-order chi connectivity index (χ1) is 0. The summed E-state index contributed by atoms with van der Waals surface area (Å²) in [4.78, 5) is 0. The van der Waals surface area contributed by atoms with Crippen LogP contribution in [0.15, 0.2) is 0 Å². The van der Waals surface area contributed by atoms with Gasteiger partial charge in [-0.05, 0) is 0 Å². The van der Waals surface area contributed by atoms with Gasteiger partial charge >= 0.3 is 0 Å². The van der Waals surface area contributed by atoms with Gasteiger partial charge < -0.3 is 0 Å². The summed E-state index contributed by atoms with van der Waals surface area (Å²) >= 11 is 0. The second-order valence-electron chi connectivity index (χ2n) is 0. The van der Waals surface area contributed by atoms with Crippen molar-refractivity contribution in [3.05, 3.63) is 0 Å². The van der Waals surface area contributed by atoms with Gasteiger partial charge in [-0.2, -0.15) is 0 Å². The first kappa shape index (κ1) is 0. The highest BCUT2D eigenvalue weighted by atomic mass is 12.1. The molecule has 0 nitrogen and oxygen atoms in total. The van der Waals surface area contributed by atoms with Crippen LogP contribution in [0.25, 0.3) is 0 Å². The fraction of sp³-hybridized carbons (Fsp3) is 1.00. The molecule has 0 fully saturated rings. The molecule has 0 N–H and O–H groups in total. The van der Waals surface area contributed by atoms with E-state index < -0.39 is 0 Å². The molecule has 0 saturated carbocycles. The molecule has 0 aromatic heterocycles. The minimum atomic E-state index is 0. The van der Waals surface area contributed by atoms with E-state index >= 15 is 0 Å². The number of hydrogen-bond acceptors (Lipinski definition) is 0. The van der Waals surface area contributed by atoms with E-state index in [0.717, 1.165) is 0 Å². The Hall–Kier alpha value is 0. The molecule has 0 aliphatic rings. The summed E-state index contributed by atoms with van der Waals surface area (Å²) in [6.45, 7) is 0. The van der Waals surface area contributed by atoms with Crippen LogP contribution in [0.2, 0.25) is 0 Å². The second kappa shape index (κ2) is 0. The molecule has 0 spiro atoms. The van der Waals surface area contributed by atoms with Gasteiger partial charge in [0.2, 0.25) is 0 Å². The van der Waals surface area contributed by atoms with Crippen molar-refractivity contribution in [3.63, 3.8) is 0 Å². The van der Waals surface area contributed by atoms with Crippen molar-refractivity contribution in [3.8, 4) is 0 Å². The molecule has 1084 valence electrons. The average molecular weight is 2170 g/mol. The molecule has 0 saturated heterocycles. The van der Waals surface area contributed by atoms with Gasteiger partial charge in [-0.3, -0.25) is 0 Å². The molecule has 0 amide bonds. The molecular weight excluding hydrogens is 1480 g/mol. The molecular formula is C123H592. The van der Waals surface area contributed by atoms with Crippen LogP contribution >= 0.6 is 0 Å². The zero-order chi connectivity index (χ0) is 0. The van der Waals surface area contributed by atoms with E-state index in [2.05, 4.69) is 0 Å². The second-order valence-corrected chi connectivity index (χ2v) is 0. The van der Waals surface area contributed by atoms with E-state index in [1.54, 1.807) is 0 Å². The maximum absolute atomic E-state index is 0. The lowest BCUT2D eigenvalue weighted by Crippen LogP contribution is 0.143. The molecule has 0 rings (SSSR count). The Morgan fingerprint density at radius 2 is 0.0163 bits per heavy atom. The van der Waals surface area contributed by atoms with Crippen LogP contribution in [0.3, 0.4) is 0 Å². The van der Waals surface area contributed by atoms with Gasteiger partial charge in [0.25, 0.3) is 0 Å². The van der Waals surface area contributed by atoms with Gasteiger partial charge in [0.15, 0.2) is 0 Å². The van der Waals surface area contributed by atoms with E-state index in [0.29, 0.717) is 0 Å². The molecule has 0 heteroatoms. The van der Waals surface area contributed by atoms with Gasteiger partial charge in [0, 0.05) is 71.3 Å². The summed E-state index contributed by atoms with van der Waals surface area (Å²) in [6.07, 6.45) is 0. The maximum Gasteiger partial charge on any atom is 0 e. The van der Waals surface area contributed by atoms with Crippen LogP contribution in [-0.4, -0.2) is 0 Å². The van der Waals surface area contributed by atoms with Crippen molar-refractivity contribution in [2.45, 2.75) is 913 Å². The molecule has 0 aromatic carbocycles. The van der Waals surface area contributed by atoms with Crippen LogP contribution in [0, 0.1) is 0 Å². The Kier molecular flexibility index (Phi) is 0. The predicted octanol–water partition coefficient (Wildman–Crippen LogP) is 90.5. The Bertz CT molecular complexity index is 150. The Balaban J connectivity index is 0. The van der Waals surface area contributed by atoms with Crippen molar-refractivity contribution >= 4 is 0 Å². The summed E-state index contributed by atoms with van der Waals surface area (Å²) in [5, 5.41) is 0. The highest BCUT2D eigenvalue weighted by Gasteiger charge is 0.0444. The highest BCUT2D eigenvalue weighted by Crippen LogP contribution is 0.266. The third kappa shape index (κ3) is 0. The number of rotatable bonds is 0. The third-order valence-electron chi connectivity index (χ3n) is 0. The van der Waals surface area contributed by atoms with Crippen LogP contribution in [0.4, 0.5) is 0 Å². The fourth-order valence-electron chi connectivity index (χ4n) is 0. The first-order valence-electron chi connectivity index (χ1n) is 0. The van der Waals surface area contributed by atoms with Gasteiger partial charge in [0.1, 0.15) is 0 Å². The average Bonchev–Trinajstić information content (AvgIpc) is 0. The molecule has 0 aliphatic heterocycles. The molecule has 0 aromatic rings. The van der Waals surface area contributed by atoms with Crippen molar-refractivity contribution in [2.75, 3.05) is 0 Å². The molecule has 0 unspecified atom stereocenters. The summed E-state index contributed by atoms with van der Waals surface area (Å²) in [7, 11) is 0. The maximum atomic E-state index is 0. The molecule has 123 heavy (non-hydrogen) atoms. The van der Waals surface area contributed by atoms with E-state index in [-0.39, 0.29) is 985 Å². The summed E-state index contributed by atoms with van der Waals surface area (Å²) < 4.78 is 0. The lowest BCUT2D eigenvalue weighted by molar-refractivity contribution is 2.50. The summed E-state index contributed by atoms with van der Waals surface area (Å²) in [5.41, 5.74) is 0. The van der Waals surface area contributed by atoms with Gasteiger partial charge in [-0.15, -0.1) is 0 Å². The van der Waals surface area contributed by atoms with Crippen molar-refractivity contribution in [1.29, 1.82) is 0 Å². The van der Waals surface area contributed by atoms with Gasteiger partial charge in [0.05, 0.1) is 0 Å². The van der Waals surface area contributed by atoms with Gasteiger partial charge in [-0.25, -0.2) is 0 Å². The zero-order valence-corrected chi connectivity index (χ0v) is 0. The molecule has 0 heterocycles. The lowest BCUT2D eigenvalue weighted by Gasteiger charge is -0.0786. The highest BCUT2D eigenvalue weighted by molar-refractivity contribution is 2.62. The first-order valence-corrected chi connectivity index (χ1v) is 0. The standard InChI is InChI=1S/123CH4.50H2/h123*1H4;50*1H/i;;;;;;;;;;;;;;;;;;;;;;;;;;;;;;;;;;;;;;;;;;;;;;;;;;;;;;;;;;;;;;;;;;;;;;;;;;;;;;;;;;;;;;;;;;;;;;;;;;;;;;;;;;;;;;;;;;;;;;;;;;;50*1+2. The molecule has 0 atom stereocenters.